The lowest BCUT2D eigenvalue weighted by atomic mass is 9.82. The van der Waals surface area contributed by atoms with Crippen molar-refractivity contribution in [1.29, 1.82) is 0 Å². The van der Waals surface area contributed by atoms with Crippen LogP contribution in [0.3, 0.4) is 0 Å². The Hall–Kier alpha value is -1.56. The molecule has 0 aliphatic carbocycles. The molecule has 0 spiro atoms. The Bertz CT molecular complexity index is 675. The highest BCUT2D eigenvalue weighted by atomic mass is 19.4. The molecule has 31 heavy (non-hydrogen) atoms. The first-order valence-electron chi connectivity index (χ1n) is 11.9. The molecule has 1 aliphatic heterocycles. The molecule has 2 atom stereocenters. The minimum absolute atomic E-state index is 0.0396. The van der Waals surface area contributed by atoms with E-state index in [9.17, 15) is 18.0 Å². The number of rotatable bonds is 12. The van der Waals surface area contributed by atoms with Crippen molar-refractivity contribution in [1.82, 2.24) is 5.32 Å². The quantitative estimate of drug-likeness (QED) is 0.357. The Morgan fingerprint density at radius 1 is 1.10 bits per heavy atom. The van der Waals surface area contributed by atoms with Gasteiger partial charge < -0.3 is 10.6 Å². The van der Waals surface area contributed by atoms with E-state index in [4.69, 9.17) is 0 Å². The van der Waals surface area contributed by atoms with Crippen LogP contribution >= 0.6 is 0 Å². The summed E-state index contributed by atoms with van der Waals surface area (Å²) in [7, 11) is 0. The average molecular weight is 441 g/mol. The molecule has 0 aromatic heterocycles. The van der Waals surface area contributed by atoms with Crippen LogP contribution in [0.4, 0.5) is 18.9 Å². The van der Waals surface area contributed by atoms with Crippen LogP contribution in [-0.2, 0) is 17.6 Å². The maximum Gasteiger partial charge on any atom is 0.389 e. The topological polar surface area (TPSA) is 41.1 Å². The summed E-state index contributed by atoms with van der Waals surface area (Å²) in [6.45, 7) is 5.96. The molecule has 0 bridgehead atoms. The molecule has 1 aromatic carbocycles. The smallest absolute Gasteiger partial charge is 0.326 e. The highest BCUT2D eigenvalue weighted by molar-refractivity contribution is 5.89. The van der Waals surface area contributed by atoms with E-state index in [1.807, 2.05) is 0 Å². The summed E-state index contributed by atoms with van der Waals surface area (Å²) in [5.74, 6) is 1.23. The molecule has 1 aromatic rings. The highest BCUT2D eigenvalue weighted by Gasteiger charge is 2.25. The molecule has 0 saturated carbocycles. The number of carbonyl (C=O) groups is 1. The molecule has 1 amide bonds. The third-order valence-electron chi connectivity index (χ3n) is 6.36. The fraction of sp³-hybridized carbons (Fsp3) is 0.720. The van der Waals surface area contributed by atoms with Crippen LogP contribution in [0, 0.1) is 11.8 Å². The number of halogens is 3. The standard InChI is InChI=1S/C25H39F3N2O/c1-19-18-29-15-13-22(19)17-23-12-11-21(16-24(23)30-20(2)31)10-8-6-4-3-5-7-9-14-25(26,27)28/h11-12,16,19,22,29H,3-10,13-15,17-18H2,1-2H3,(H,30,31). The van der Waals surface area contributed by atoms with Crippen molar-refractivity contribution in [2.45, 2.75) is 90.7 Å². The van der Waals surface area contributed by atoms with Crippen LogP contribution in [0.2, 0.25) is 0 Å². The predicted molar refractivity (Wildman–Crippen MR) is 121 cm³/mol. The van der Waals surface area contributed by atoms with Gasteiger partial charge in [-0.25, -0.2) is 0 Å². The van der Waals surface area contributed by atoms with Gasteiger partial charge in [0.1, 0.15) is 0 Å². The van der Waals surface area contributed by atoms with Gasteiger partial charge >= 0.3 is 6.18 Å². The van der Waals surface area contributed by atoms with Crippen molar-refractivity contribution in [2.75, 3.05) is 18.4 Å². The summed E-state index contributed by atoms with van der Waals surface area (Å²) in [6.07, 6.45) is 4.46. The number of amides is 1. The molecule has 1 saturated heterocycles. The van der Waals surface area contributed by atoms with Crippen molar-refractivity contribution in [3.05, 3.63) is 29.3 Å². The van der Waals surface area contributed by atoms with Crippen LogP contribution in [0.1, 0.15) is 82.8 Å². The van der Waals surface area contributed by atoms with Crippen LogP contribution in [-0.4, -0.2) is 25.2 Å². The average Bonchev–Trinajstić information content (AvgIpc) is 2.69. The van der Waals surface area contributed by atoms with Gasteiger partial charge in [-0.1, -0.05) is 51.2 Å². The first-order valence-corrected chi connectivity index (χ1v) is 11.9. The summed E-state index contributed by atoms with van der Waals surface area (Å²) in [4.78, 5) is 11.7. The Kier molecular flexibility index (Phi) is 10.9. The number of benzene rings is 1. The van der Waals surface area contributed by atoms with E-state index in [-0.39, 0.29) is 12.3 Å². The zero-order valence-corrected chi connectivity index (χ0v) is 19.1. The van der Waals surface area contributed by atoms with E-state index in [1.54, 1.807) is 6.92 Å². The number of alkyl halides is 3. The summed E-state index contributed by atoms with van der Waals surface area (Å²) >= 11 is 0. The zero-order valence-electron chi connectivity index (χ0n) is 19.1. The minimum Gasteiger partial charge on any atom is -0.326 e. The summed E-state index contributed by atoms with van der Waals surface area (Å²) < 4.78 is 36.4. The number of hydrogen-bond donors (Lipinski definition) is 2. The minimum atomic E-state index is -4.02. The maximum absolute atomic E-state index is 12.1. The molecule has 176 valence electrons. The van der Waals surface area contributed by atoms with E-state index >= 15 is 0 Å². The lowest BCUT2D eigenvalue weighted by molar-refractivity contribution is -0.135. The number of aryl methyl sites for hydroxylation is 1. The van der Waals surface area contributed by atoms with E-state index in [0.717, 1.165) is 63.7 Å². The molecular weight excluding hydrogens is 401 g/mol. The highest BCUT2D eigenvalue weighted by Crippen LogP contribution is 2.28. The number of anilines is 1. The van der Waals surface area contributed by atoms with Crippen molar-refractivity contribution < 1.29 is 18.0 Å². The first kappa shape index (κ1) is 25.7. The van der Waals surface area contributed by atoms with Crippen molar-refractivity contribution in [2.24, 2.45) is 11.8 Å². The van der Waals surface area contributed by atoms with Crippen LogP contribution in [0.15, 0.2) is 18.2 Å². The number of unbranched alkanes of at least 4 members (excludes halogenated alkanes) is 6. The fourth-order valence-corrected chi connectivity index (χ4v) is 4.46. The summed E-state index contributed by atoms with van der Waals surface area (Å²) in [5.41, 5.74) is 3.40. The van der Waals surface area contributed by atoms with Gasteiger partial charge in [0.15, 0.2) is 0 Å². The van der Waals surface area contributed by atoms with Crippen molar-refractivity contribution in [3.63, 3.8) is 0 Å². The SMILES string of the molecule is CC(=O)Nc1cc(CCCCCCCCCC(F)(F)F)ccc1CC1CCNCC1C. The second-order valence-electron chi connectivity index (χ2n) is 9.20. The molecular formula is C25H39F3N2O. The van der Waals surface area contributed by atoms with Gasteiger partial charge in [0, 0.05) is 19.0 Å². The molecule has 1 fully saturated rings. The van der Waals surface area contributed by atoms with Gasteiger partial charge in [0.25, 0.3) is 0 Å². The Balaban J connectivity index is 1.75. The van der Waals surface area contributed by atoms with Gasteiger partial charge in [0.2, 0.25) is 5.91 Å². The monoisotopic (exact) mass is 440 g/mol. The first-order chi connectivity index (χ1) is 14.7. The molecule has 0 radical (unpaired) electrons. The van der Waals surface area contributed by atoms with Crippen LogP contribution < -0.4 is 10.6 Å². The Morgan fingerprint density at radius 3 is 2.42 bits per heavy atom. The largest absolute Gasteiger partial charge is 0.389 e. The number of carbonyl (C=O) groups excluding carboxylic acids is 1. The predicted octanol–water partition coefficient (Wildman–Crippen LogP) is 6.66. The van der Waals surface area contributed by atoms with Gasteiger partial charge in [0.05, 0.1) is 0 Å². The third-order valence-corrected chi connectivity index (χ3v) is 6.36. The molecule has 2 N–H and O–H groups in total. The number of hydrogen-bond acceptors (Lipinski definition) is 2. The molecule has 3 nitrogen and oxygen atoms in total. The van der Waals surface area contributed by atoms with E-state index in [2.05, 4.69) is 35.8 Å². The third kappa shape index (κ3) is 10.5. The van der Waals surface area contributed by atoms with Crippen molar-refractivity contribution in [3.8, 4) is 0 Å². The number of piperidine rings is 1. The molecule has 2 unspecified atom stereocenters. The fourth-order valence-electron chi connectivity index (χ4n) is 4.46. The molecule has 1 heterocycles. The normalized spacial score (nSPS) is 19.4. The molecule has 1 aliphatic rings. The molecule has 2 rings (SSSR count). The van der Waals surface area contributed by atoms with E-state index in [0.29, 0.717) is 18.3 Å². The Labute approximate surface area is 185 Å². The molecule has 6 heteroatoms. The second kappa shape index (κ2) is 13.1. The second-order valence-corrected chi connectivity index (χ2v) is 9.20. The number of nitrogens with one attached hydrogen (secondary N) is 2. The van der Waals surface area contributed by atoms with E-state index in [1.165, 1.54) is 17.5 Å². The summed E-state index contributed by atoms with van der Waals surface area (Å²) in [5, 5.41) is 6.47. The van der Waals surface area contributed by atoms with Gasteiger partial charge in [-0.2, -0.15) is 13.2 Å². The van der Waals surface area contributed by atoms with E-state index < -0.39 is 12.6 Å². The summed E-state index contributed by atoms with van der Waals surface area (Å²) in [6, 6.07) is 6.49. The maximum atomic E-state index is 12.1. The van der Waals surface area contributed by atoms with Gasteiger partial charge in [-0.3, -0.25) is 4.79 Å². The van der Waals surface area contributed by atoms with Crippen LogP contribution in [0.5, 0.6) is 0 Å². The Morgan fingerprint density at radius 2 is 1.77 bits per heavy atom. The van der Waals surface area contributed by atoms with Gasteiger partial charge in [-0.05, 0) is 74.2 Å². The lowest BCUT2D eigenvalue weighted by Gasteiger charge is -2.30. The zero-order chi connectivity index (χ0) is 22.7. The van der Waals surface area contributed by atoms with Crippen LogP contribution in [0.25, 0.3) is 0 Å². The van der Waals surface area contributed by atoms with Crippen molar-refractivity contribution >= 4 is 11.6 Å². The lowest BCUT2D eigenvalue weighted by Crippen LogP contribution is -2.36. The van der Waals surface area contributed by atoms with Gasteiger partial charge in [-0.15, -0.1) is 0 Å².